The smallest absolute Gasteiger partial charge is 0.166 e. The van der Waals surface area contributed by atoms with Crippen molar-refractivity contribution in [3.63, 3.8) is 0 Å². The van der Waals surface area contributed by atoms with Gasteiger partial charge in [0.25, 0.3) is 0 Å². The van der Waals surface area contributed by atoms with Gasteiger partial charge in [-0.05, 0) is 37.9 Å². The van der Waals surface area contributed by atoms with Crippen molar-refractivity contribution >= 4 is 18.2 Å². The lowest BCUT2D eigenvalue weighted by Crippen LogP contribution is -2.35. The second kappa shape index (κ2) is 9.22. The maximum Gasteiger partial charge on any atom is 0.166 e. The minimum Gasteiger partial charge on any atom is -0.303 e. The average molecular weight is 310 g/mol. The number of hydrogen-bond acceptors (Lipinski definition) is 2. The molecule has 2 nitrogen and oxygen atoms in total. The molecule has 0 aromatic heterocycles. The molecule has 0 aliphatic carbocycles. The van der Waals surface area contributed by atoms with Gasteiger partial charge in [-0.25, -0.2) is 0 Å². The van der Waals surface area contributed by atoms with E-state index in [0.29, 0.717) is 5.78 Å². The van der Waals surface area contributed by atoms with E-state index < -0.39 is 0 Å². The third kappa shape index (κ3) is 5.44. The van der Waals surface area contributed by atoms with Crippen LogP contribution in [0.1, 0.15) is 55.5 Å². The Labute approximate surface area is 135 Å². The molecule has 118 valence electrons. The van der Waals surface area contributed by atoms with Crippen LogP contribution in [0, 0.1) is 5.92 Å². The monoisotopic (exact) mass is 309 g/mol. The van der Waals surface area contributed by atoms with Gasteiger partial charge in [-0.1, -0.05) is 51.0 Å². The molecule has 1 fully saturated rings. The summed E-state index contributed by atoms with van der Waals surface area (Å²) in [5, 5.41) is 0. The molecule has 1 saturated heterocycles. The van der Waals surface area contributed by atoms with E-state index in [0.717, 1.165) is 38.0 Å². The van der Waals surface area contributed by atoms with Crippen molar-refractivity contribution < 1.29 is 4.79 Å². The molecule has 3 heteroatoms. The summed E-state index contributed by atoms with van der Waals surface area (Å²) in [5.41, 5.74) is 2.20. The van der Waals surface area contributed by atoms with Gasteiger partial charge in [0, 0.05) is 18.0 Å². The van der Waals surface area contributed by atoms with Crippen LogP contribution in [0.4, 0.5) is 0 Å². The van der Waals surface area contributed by atoms with Crippen LogP contribution in [-0.4, -0.2) is 30.3 Å². The molecule has 1 aliphatic rings. The van der Waals surface area contributed by atoms with Crippen molar-refractivity contribution in [1.29, 1.82) is 0 Å². The number of benzene rings is 1. The molecule has 0 amide bonds. The van der Waals surface area contributed by atoms with E-state index in [1.54, 1.807) is 0 Å². The van der Waals surface area contributed by atoms with Crippen LogP contribution in [0.5, 0.6) is 0 Å². The van der Waals surface area contributed by atoms with Gasteiger partial charge in [0.15, 0.2) is 5.78 Å². The summed E-state index contributed by atoms with van der Waals surface area (Å²) in [4.78, 5) is 14.9. The van der Waals surface area contributed by atoms with E-state index in [1.165, 1.54) is 24.8 Å². The van der Waals surface area contributed by atoms with Gasteiger partial charge in [-0.2, -0.15) is 0 Å². The molecular formula is C18H28ClNO. The number of carbonyl (C=O) groups excluding carboxylic acids is 1. The standard InChI is InChI=1S/C18H27NO.ClH/c1-3-7-16-8-10-17(11-9-16)18(20)15(2)14-19-12-5-4-6-13-19;/h8-11,15H,3-7,12-14H2,1-2H3;1H. The Bertz CT molecular complexity index is 423. The molecule has 1 atom stereocenters. The topological polar surface area (TPSA) is 20.3 Å². The van der Waals surface area contributed by atoms with Gasteiger partial charge < -0.3 is 4.90 Å². The van der Waals surface area contributed by atoms with E-state index in [9.17, 15) is 4.79 Å². The largest absolute Gasteiger partial charge is 0.303 e. The van der Waals surface area contributed by atoms with Crippen molar-refractivity contribution in [3.05, 3.63) is 35.4 Å². The SMILES string of the molecule is CCCc1ccc(C(=O)C(C)CN2CCCCC2)cc1.Cl. The van der Waals surface area contributed by atoms with Crippen molar-refractivity contribution in [2.24, 2.45) is 5.92 Å². The van der Waals surface area contributed by atoms with Gasteiger partial charge >= 0.3 is 0 Å². The quantitative estimate of drug-likeness (QED) is 0.727. The number of carbonyl (C=O) groups is 1. The van der Waals surface area contributed by atoms with Crippen LogP contribution in [0.3, 0.4) is 0 Å². The molecule has 1 unspecified atom stereocenters. The highest BCUT2D eigenvalue weighted by atomic mass is 35.5. The molecular weight excluding hydrogens is 282 g/mol. The minimum absolute atomic E-state index is 0. The fourth-order valence-corrected chi connectivity index (χ4v) is 3.02. The van der Waals surface area contributed by atoms with Gasteiger partial charge in [-0.3, -0.25) is 4.79 Å². The minimum atomic E-state index is 0. The summed E-state index contributed by atoms with van der Waals surface area (Å²) >= 11 is 0. The van der Waals surface area contributed by atoms with Crippen LogP contribution < -0.4 is 0 Å². The lowest BCUT2D eigenvalue weighted by atomic mass is 9.96. The van der Waals surface area contributed by atoms with Crippen LogP contribution in [0.2, 0.25) is 0 Å². The van der Waals surface area contributed by atoms with E-state index in [4.69, 9.17) is 0 Å². The van der Waals surface area contributed by atoms with Gasteiger partial charge in [-0.15, -0.1) is 12.4 Å². The van der Waals surface area contributed by atoms with Crippen LogP contribution in [0.15, 0.2) is 24.3 Å². The van der Waals surface area contributed by atoms with Crippen LogP contribution in [0.25, 0.3) is 0 Å². The van der Waals surface area contributed by atoms with E-state index >= 15 is 0 Å². The first-order valence-electron chi connectivity index (χ1n) is 8.06. The second-order valence-electron chi connectivity index (χ2n) is 6.07. The molecule has 1 aromatic rings. The average Bonchev–Trinajstić information content (AvgIpc) is 2.48. The number of aryl methyl sites for hydroxylation is 1. The molecule has 2 rings (SSSR count). The van der Waals surface area contributed by atoms with E-state index in [1.807, 2.05) is 12.1 Å². The Morgan fingerprint density at radius 3 is 2.33 bits per heavy atom. The van der Waals surface area contributed by atoms with Crippen molar-refractivity contribution in [2.75, 3.05) is 19.6 Å². The Hall–Kier alpha value is -0.860. The summed E-state index contributed by atoms with van der Waals surface area (Å²) < 4.78 is 0. The predicted octanol–water partition coefficient (Wildman–Crippen LogP) is 4.37. The second-order valence-corrected chi connectivity index (χ2v) is 6.07. The highest BCUT2D eigenvalue weighted by Crippen LogP contribution is 2.15. The zero-order valence-electron chi connectivity index (χ0n) is 13.3. The number of Topliss-reactive ketones (excluding diaryl/α,β-unsaturated/α-hetero) is 1. The highest BCUT2D eigenvalue weighted by Gasteiger charge is 2.19. The number of likely N-dealkylation sites (tertiary alicyclic amines) is 1. The Kier molecular flexibility index (Phi) is 7.98. The Morgan fingerprint density at radius 1 is 1.14 bits per heavy atom. The third-order valence-corrected chi connectivity index (χ3v) is 4.21. The number of piperidine rings is 1. The van der Waals surface area contributed by atoms with Gasteiger partial charge in [0.1, 0.15) is 0 Å². The first-order valence-corrected chi connectivity index (χ1v) is 8.06. The van der Waals surface area contributed by atoms with Crippen molar-refractivity contribution in [3.8, 4) is 0 Å². The van der Waals surface area contributed by atoms with Gasteiger partial charge in [0.05, 0.1) is 0 Å². The molecule has 1 aromatic carbocycles. The summed E-state index contributed by atoms with van der Waals surface area (Å²) in [6.07, 6.45) is 6.16. The first-order chi connectivity index (χ1) is 9.70. The molecule has 0 N–H and O–H groups in total. The fourth-order valence-electron chi connectivity index (χ4n) is 3.02. The molecule has 0 saturated carbocycles. The van der Waals surface area contributed by atoms with Crippen LogP contribution in [-0.2, 0) is 6.42 Å². The summed E-state index contributed by atoms with van der Waals surface area (Å²) in [6, 6.07) is 8.20. The fraction of sp³-hybridized carbons (Fsp3) is 0.611. The van der Waals surface area contributed by atoms with Gasteiger partial charge in [0.2, 0.25) is 0 Å². The maximum atomic E-state index is 12.5. The van der Waals surface area contributed by atoms with Crippen molar-refractivity contribution in [1.82, 2.24) is 4.90 Å². The number of ketones is 1. The maximum absolute atomic E-state index is 12.5. The lowest BCUT2D eigenvalue weighted by molar-refractivity contribution is 0.0883. The number of rotatable bonds is 6. The lowest BCUT2D eigenvalue weighted by Gasteiger charge is -2.28. The highest BCUT2D eigenvalue weighted by molar-refractivity contribution is 5.97. The predicted molar refractivity (Wildman–Crippen MR) is 91.5 cm³/mol. The Morgan fingerprint density at radius 2 is 1.76 bits per heavy atom. The molecule has 1 aliphatic heterocycles. The van der Waals surface area contributed by atoms with E-state index in [2.05, 4.69) is 30.9 Å². The third-order valence-electron chi connectivity index (χ3n) is 4.21. The van der Waals surface area contributed by atoms with Crippen molar-refractivity contribution in [2.45, 2.75) is 46.0 Å². The summed E-state index contributed by atoms with van der Waals surface area (Å²) in [5.74, 6) is 0.392. The molecule has 0 bridgehead atoms. The molecule has 1 heterocycles. The zero-order valence-corrected chi connectivity index (χ0v) is 14.1. The number of nitrogens with zero attached hydrogens (tertiary/aromatic N) is 1. The summed E-state index contributed by atoms with van der Waals surface area (Å²) in [7, 11) is 0. The number of hydrogen-bond donors (Lipinski definition) is 0. The number of halogens is 1. The Balaban J connectivity index is 0.00000220. The molecule has 21 heavy (non-hydrogen) atoms. The normalized spacial score (nSPS) is 17.0. The summed E-state index contributed by atoms with van der Waals surface area (Å²) in [6.45, 7) is 7.48. The molecule has 0 spiro atoms. The zero-order chi connectivity index (χ0) is 14.4. The van der Waals surface area contributed by atoms with Crippen LogP contribution >= 0.6 is 12.4 Å². The molecule has 0 radical (unpaired) electrons. The van der Waals surface area contributed by atoms with E-state index in [-0.39, 0.29) is 18.3 Å². The first kappa shape index (κ1) is 18.2.